The molecule has 0 aliphatic rings. The maximum Gasteiger partial charge on any atom is 0.296 e. The molecule has 7 N–H and O–H groups in total. The van der Waals surface area contributed by atoms with Crippen molar-refractivity contribution >= 4 is 167 Å². The molecular formula is C44H37ClN10O21S8. The molecule has 0 saturated heterocycles. The number of nitriles is 1. The molecule has 0 atom stereocenters. The van der Waals surface area contributed by atoms with Crippen LogP contribution in [0.1, 0.15) is 29.5 Å². The second-order valence-corrected chi connectivity index (χ2v) is 28.7. The van der Waals surface area contributed by atoms with Gasteiger partial charge < -0.3 is 14.6 Å². The minimum atomic E-state index is -5.33. The Balaban J connectivity index is 1.22. The Hall–Kier alpha value is -7.01. The van der Waals surface area contributed by atoms with E-state index in [9.17, 15) is 88.2 Å². The molecule has 0 amide bonds. The largest absolute Gasteiger partial charge is 0.494 e. The number of methoxy groups -OCH3 is 1. The summed E-state index contributed by atoms with van der Waals surface area (Å²) in [5, 5.41) is 45.9. The number of thioether (sulfide) groups is 1. The Kier molecular flexibility index (Phi) is 17.6. The van der Waals surface area contributed by atoms with Crippen molar-refractivity contribution in [2.24, 2.45) is 30.7 Å². The number of nitrogens with zero attached hydrogens (tertiary/aromatic N) is 10. The Morgan fingerprint density at radius 1 is 0.667 bits per heavy atom. The molecule has 8 aromatic rings. The number of aryl methyl sites for hydroxylation is 1. The molecular weight excluding hydrogens is 1300 g/mol. The maximum atomic E-state index is 12.6. The molecule has 3 heterocycles. The van der Waals surface area contributed by atoms with Gasteiger partial charge >= 0.3 is 0 Å². The van der Waals surface area contributed by atoms with Gasteiger partial charge in [-0.05, 0) is 80.5 Å². The number of benzene rings is 5. The average molecular weight is 1330 g/mol. The van der Waals surface area contributed by atoms with Crippen LogP contribution in [0, 0.1) is 25.2 Å². The third kappa shape index (κ3) is 13.7. The van der Waals surface area contributed by atoms with Crippen LogP contribution in [0.2, 0.25) is 5.02 Å². The Morgan fingerprint density at radius 2 is 1.27 bits per heavy atom. The first-order valence-corrected chi connectivity index (χ1v) is 34.0. The smallest absolute Gasteiger partial charge is 0.296 e. The lowest BCUT2D eigenvalue weighted by molar-refractivity contribution is 0.317. The zero-order chi connectivity index (χ0) is 61.8. The van der Waals surface area contributed by atoms with Gasteiger partial charge in [-0.1, -0.05) is 22.9 Å². The third-order valence-electron chi connectivity index (χ3n) is 11.7. The van der Waals surface area contributed by atoms with E-state index in [0.29, 0.717) is 29.0 Å². The maximum absolute atomic E-state index is 12.6. The van der Waals surface area contributed by atoms with Crippen LogP contribution in [-0.2, 0) is 60.7 Å². The van der Waals surface area contributed by atoms with Gasteiger partial charge in [-0.3, -0.25) is 31.7 Å². The number of thiazole rings is 1. The highest BCUT2D eigenvalue weighted by Crippen LogP contribution is 2.47. The molecule has 84 heavy (non-hydrogen) atoms. The number of ether oxygens (including phenoxy) is 2. The minimum Gasteiger partial charge on any atom is -0.494 e. The third-order valence-corrected chi connectivity index (χ3v) is 19.2. The van der Waals surface area contributed by atoms with Crippen molar-refractivity contribution in [1.29, 1.82) is 5.26 Å². The van der Waals surface area contributed by atoms with Crippen molar-refractivity contribution in [3.63, 3.8) is 0 Å². The SMILES string of the molecule is COc1cc(N=Nc2cc(OCCCS(=O)(=O)O)c(N=Nc3c(C)c(C#N)c4nc5c(S(=O)(=O)O)ccc(Cl)c5n4c3O)cc2C)c(SCCCS(=O)(=O)O)cc1N=Nc1nc2c(S(=O)(=O)O)cc3c(S(=O)(=O)O)cc(S(=O)(=O)O)cc3c2s1. The molecule has 0 radical (unpaired) electrons. The minimum absolute atomic E-state index is 0.00327. The number of hydrogen-bond acceptors (Lipinski definition) is 26. The summed E-state index contributed by atoms with van der Waals surface area (Å²) in [5.41, 5.74) is -1.80. The number of aromatic nitrogens is 3. The van der Waals surface area contributed by atoms with E-state index >= 15 is 0 Å². The summed E-state index contributed by atoms with van der Waals surface area (Å²) < 4.78 is 216. The summed E-state index contributed by atoms with van der Waals surface area (Å²) in [4.78, 5) is 4.67. The molecule has 0 spiro atoms. The van der Waals surface area contributed by atoms with Gasteiger partial charge in [0.25, 0.3) is 60.7 Å². The Morgan fingerprint density at radius 3 is 1.89 bits per heavy atom. The topological polar surface area (TPSA) is 493 Å². The molecule has 5 aromatic carbocycles. The van der Waals surface area contributed by atoms with E-state index < -0.39 is 114 Å². The first kappa shape index (κ1) is 63.0. The van der Waals surface area contributed by atoms with Crippen LogP contribution >= 0.6 is 34.7 Å². The second kappa shape index (κ2) is 23.5. The van der Waals surface area contributed by atoms with Crippen molar-refractivity contribution in [1.82, 2.24) is 14.4 Å². The molecule has 0 saturated carbocycles. The summed E-state index contributed by atoms with van der Waals surface area (Å²) >= 11 is 7.93. The van der Waals surface area contributed by atoms with Crippen LogP contribution in [-0.4, -0.2) is 128 Å². The fraction of sp³-hybridized carbons (Fsp3) is 0.205. The predicted octanol–water partition coefficient (Wildman–Crippen LogP) is 9.37. The quantitative estimate of drug-likeness (QED) is 0.0152. The molecule has 0 unspecified atom stereocenters. The lowest BCUT2D eigenvalue weighted by Crippen LogP contribution is -2.08. The number of imidazole rings is 1. The molecule has 0 fully saturated rings. The number of fused-ring (bicyclic) bond motifs is 6. The molecule has 40 heteroatoms. The normalized spacial score (nSPS) is 13.2. The van der Waals surface area contributed by atoms with E-state index in [1.807, 2.05) is 6.07 Å². The number of hydrogen-bond donors (Lipinski definition) is 7. The van der Waals surface area contributed by atoms with E-state index in [-0.39, 0.29) is 113 Å². The highest BCUT2D eigenvalue weighted by atomic mass is 35.5. The summed E-state index contributed by atoms with van der Waals surface area (Å²) in [6, 6.07) is 11.1. The summed E-state index contributed by atoms with van der Waals surface area (Å²) in [5.74, 6) is -2.30. The van der Waals surface area contributed by atoms with Gasteiger partial charge in [0, 0.05) is 33.4 Å². The predicted molar refractivity (Wildman–Crippen MR) is 300 cm³/mol. The van der Waals surface area contributed by atoms with Gasteiger partial charge in [-0.2, -0.15) is 60.9 Å². The number of pyridine rings is 1. The lowest BCUT2D eigenvalue weighted by atomic mass is 10.1. The molecule has 0 aliphatic heterocycles. The summed E-state index contributed by atoms with van der Waals surface area (Å²) in [6.07, 6.45) is -0.351. The van der Waals surface area contributed by atoms with Gasteiger partial charge in [0.1, 0.15) is 65.9 Å². The van der Waals surface area contributed by atoms with Crippen molar-refractivity contribution in [2.45, 2.75) is 51.2 Å². The van der Waals surface area contributed by atoms with Crippen molar-refractivity contribution in [3.05, 3.63) is 76.3 Å². The van der Waals surface area contributed by atoms with Gasteiger partial charge in [0.05, 0.1) is 51.0 Å². The highest BCUT2D eigenvalue weighted by molar-refractivity contribution is 7.99. The van der Waals surface area contributed by atoms with Gasteiger partial charge in [-0.15, -0.1) is 37.3 Å². The van der Waals surface area contributed by atoms with Gasteiger partial charge in [0.15, 0.2) is 11.3 Å². The Bertz CT molecular complexity index is 4970. The van der Waals surface area contributed by atoms with E-state index in [1.54, 1.807) is 6.92 Å². The second-order valence-electron chi connectivity index (χ2n) is 17.4. The molecule has 444 valence electrons. The van der Waals surface area contributed by atoms with E-state index in [1.165, 1.54) is 38.3 Å². The molecule has 0 aliphatic carbocycles. The van der Waals surface area contributed by atoms with Crippen LogP contribution in [0.4, 0.5) is 33.6 Å². The summed E-state index contributed by atoms with van der Waals surface area (Å²) in [6.45, 7) is 2.56. The van der Waals surface area contributed by atoms with Crippen molar-refractivity contribution < 1.29 is 92.4 Å². The van der Waals surface area contributed by atoms with Crippen LogP contribution < -0.4 is 9.47 Å². The first-order valence-electron chi connectivity index (χ1n) is 22.8. The zero-order valence-electron chi connectivity index (χ0n) is 42.4. The van der Waals surface area contributed by atoms with Gasteiger partial charge in [0.2, 0.25) is 11.0 Å². The number of aromatic hydroxyl groups is 1. The van der Waals surface area contributed by atoms with Gasteiger partial charge in [-0.25, -0.2) is 9.97 Å². The van der Waals surface area contributed by atoms with Crippen LogP contribution in [0.5, 0.6) is 17.4 Å². The van der Waals surface area contributed by atoms with E-state index in [4.69, 9.17) is 21.1 Å². The number of halogens is 1. The zero-order valence-corrected chi connectivity index (χ0v) is 49.7. The van der Waals surface area contributed by atoms with E-state index in [0.717, 1.165) is 34.4 Å². The molecule has 0 bridgehead atoms. The summed E-state index contributed by atoms with van der Waals surface area (Å²) in [7, 11) is -28.3. The van der Waals surface area contributed by atoms with Crippen LogP contribution in [0.25, 0.3) is 37.7 Å². The van der Waals surface area contributed by atoms with Crippen molar-refractivity contribution in [3.8, 4) is 23.4 Å². The van der Waals surface area contributed by atoms with Crippen molar-refractivity contribution in [2.75, 3.05) is 31.0 Å². The monoisotopic (exact) mass is 1330 g/mol. The standard InChI is InChI=1S/C44H37ClN10O21S8/c1-20-12-28(50-53-37-21(2)25(19-46)42-47-38-34(82(66,67)68)7-6-26(45)40(38)55(42)43(37)56)32(76-8-4-10-79(57,58)59)16-27(20)49-52-30-17-31(75-3)29(18-33(30)77-9-5-11-80(60,61)62)51-54-44-48-39-36(84(72,73)74)15-23-24(41(39)78-44)13-22(81(63,64)65)14-35(23)83(69,70)71/h6-7,12-18,56H,4-5,8-11H2,1-3H3,(H,57,58,59)(H,60,61,62)(H,63,64,65)(H,66,67,68)(H,69,70,71)(H,72,73,74). The number of rotatable bonds is 21. The van der Waals surface area contributed by atoms with Crippen LogP contribution in [0.15, 0.2) is 110 Å². The number of azo groups is 3. The highest BCUT2D eigenvalue weighted by Gasteiger charge is 2.29. The average Bonchev–Trinajstić information content (AvgIpc) is 1.59. The lowest BCUT2D eigenvalue weighted by Gasteiger charge is -2.12. The van der Waals surface area contributed by atoms with E-state index in [2.05, 4.69) is 40.7 Å². The Labute approximate surface area is 487 Å². The molecule has 3 aromatic heterocycles. The fourth-order valence-corrected chi connectivity index (χ4v) is 14.0. The molecule has 8 rings (SSSR count). The van der Waals surface area contributed by atoms with Crippen LogP contribution in [0.3, 0.4) is 0 Å². The molecule has 31 nitrogen and oxygen atoms in total. The fourth-order valence-electron chi connectivity index (χ4n) is 8.00. The first-order chi connectivity index (χ1) is 39.0.